The SMILES string of the molecule is CC#N.CC(C)(C)OC(=O)NCC#N.CC(C)(C)OC(=O)NCC1=NN=NC1.CCc1nnnn1CC(=O)N[C@@H](Cc1cccc(C(=O)OC(C)(C)C)c1OC)B1O[C@@H]2C[C@@H]3C[C@@H](C3(C)C)[C@]2(C)O1.ClB(Cl)Cl.NCc1nnnn1CC(=O)C[C@H]1Cc2cccc(C(=O)O)c2OB1O.[2H]CC. The van der Waals surface area contributed by atoms with E-state index in [-0.39, 0.29) is 67.1 Å². The predicted octanol–water partition coefficient (Wildman–Crippen LogP) is 8.08. The lowest BCUT2D eigenvalue weighted by molar-refractivity contribution is -0.199. The van der Waals surface area contributed by atoms with Crippen LogP contribution in [0.15, 0.2) is 51.8 Å². The summed E-state index contributed by atoms with van der Waals surface area (Å²) in [6.45, 7) is 29.4. The van der Waals surface area contributed by atoms with E-state index in [1.54, 1.807) is 64.1 Å². The zero-order valence-electron chi connectivity index (χ0n) is 60.5. The van der Waals surface area contributed by atoms with Gasteiger partial charge in [-0.25, -0.2) is 28.5 Å². The summed E-state index contributed by atoms with van der Waals surface area (Å²) >= 11 is 14.4. The van der Waals surface area contributed by atoms with Gasteiger partial charge in [-0.2, -0.15) is 50.0 Å². The van der Waals surface area contributed by atoms with Crippen molar-refractivity contribution in [2.75, 3.05) is 26.7 Å². The number of amides is 3. The highest BCUT2D eigenvalue weighted by molar-refractivity contribution is 7.54. The number of rotatable bonds is 18. The number of fused-ring (bicyclic) bond motifs is 1. The Morgan fingerprint density at radius 1 is 0.890 bits per heavy atom. The van der Waals surface area contributed by atoms with E-state index >= 15 is 0 Å². The van der Waals surface area contributed by atoms with Crippen LogP contribution in [0, 0.1) is 39.9 Å². The summed E-state index contributed by atoms with van der Waals surface area (Å²) in [5.74, 6) is -0.570. The van der Waals surface area contributed by atoms with Crippen LogP contribution in [-0.2, 0) is 72.0 Å². The number of hydrogen-bond donors (Lipinski definition) is 6. The van der Waals surface area contributed by atoms with Crippen LogP contribution in [0.3, 0.4) is 0 Å². The van der Waals surface area contributed by atoms with Crippen molar-refractivity contribution in [2.24, 2.45) is 38.4 Å². The molecule has 6 atom stereocenters. The van der Waals surface area contributed by atoms with Crippen LogP contribution in [0.25, 0.3) is 0 Å². The molecule has 2 aromatic carbocycles. The molecule has 4 fully saturated rings. The molecular weight excluding hydrogens is 1360 g/mol. The number of hydrogen-bond acceptors (Lipinski definition) is 26. The number of ketones is 1. The first kappa shape index (κ1) is 84.4. The molecule has 3 amide bonds. The van der Waals surface area contributed by atoms with E-state index in [1.807, 2.05) is 54.5 Å². The van der Waals surface area contributed by atoms with E-state index in [2.05, 4.69) is 83.2 Å². The van der Waals surface area contributed by atoms with Crippen LogP contribution in [-0.4, -0.2) is 172 Å². The number of para-hydroxylation sites is 2. The maximum Gasteiger partial charge on any atom is 0.526 e. The van der Waals surface area contributed by atoms with Gasteiger partial charge in [-0.05, 0) is 162 Å². The number of carbonyl (C=O) groups is 6. The van der Waals surface area contributed by atoms with Crippen LogP contribution < -0.4 is 31.1 Å². The van der Waals surface area contributed by atoms with Gasteiger partial charge in [0.2, 0.25) is 5.91 Å². The van der Waals surface area contributed by atoms with Crippen molar-refractivity contribution in [1.82, 2.24) is 56.4 Å². The molecule has 10 rings (SSSR count). The van der Waals surface area contributed by atoms with Crippen molar-refractivity contribution >= 4 is 95.1 Å². The van der Waals surface area contributed by atoms with Crippen LogP contribution in [0.2, 0.25) is 5.82 Å². The fourth-order valence-electron chi connectivity index (χ4n) is 11.1. The summed E-state index contributed by atoms with van der Waals surface area (Å²) in [6, 6.07) is 13.6. The first-order valence-electron chi connectivity index (χ1n) is 32.6. The number of methoxy groups -OCH3 is 1. The second kappa shape index (κ2) is 39.8. The lowest BCUT2D eigenvalue weighted by Crippen LogP contribution is -2.65. The zero-order valence-corrected chi connectivity index (χ0v) is 61.8. The molecule has 2 aromatic heterocycles. The summed E-state index contributed by atoms with van der Waals surface area (Å²) in [7, 11) is -0.420. The molecule has 0 unspecified atom stereocenters. The number of esters is 1. The average Bonchev–Trinajstić information content (AvgIpc) is 1.64. The molecule has 6 aliphatic rings. The molecule has 100 heavy (non-hydrogen) atoms. The van der Waals surface area contributed by atoms with Gasteiger partial charge >= 0.3 is 43.3 Å². The van der Waals surface area contributed by atoms with Crippen LogP contribution in [0.1, 0.15) is 175 Å². The van der Waals surface area contributed by atoms with Crippen molar-refractivity contribution in [1.29, 1.82) is 10.5 Å². The number of Topliss-reactive ketones (excluding diaryl/α,β-unsaturated/α-hetero) is 1. The second-order valence-corrected chi connectivity index (χ2v) is 28.5. The number of nitrogens with two attached hydrogens (primary N) is 1. The van der Waals surface area contributed by atoms with E-state index in [1.165, 1.54) is 29.5 Å². The quantitative estimate of drug-likeness (QED) is 0.0237. The monoisotopic (exact) mass is 1450 g/mol. The predicted molar refractivity (Wildman–Crippen MR) is 373 cm³/mol. The number of carboxylic acid groups (broad SMARTS) is 1. The second-order valence-electron chi connectivity index (χ2n) is 26.5. The lowest BCUT2D eigenvalue weighted by atomic mass is 9.43. The Kier molecular flexibility index (Phi) is 33.6. The van der Waals surface area contributed by atoms with E-state index < -0.39 is 77.5 Å². The van der Waals surface area contributed by atoms with Gasteiger partial charge in [0.05, 0.1) is 61.3 Å². The third-order valence-corrected chi connectivity index (χ3v) is 15.3. The average molecular weight is 1460 g/mol. The number of alkyl carbamates (subject to hydrolysis) is 2. The minimum atomic E-state index is -1.26. The molecule has 5 heterocycles. The van der Waals surface area contributed by atoms with E-state index in [0.717, 1.165) is 24.1 Å². The number of tetrazole rings is 2. The lowest BCUT2D eigenvalue weighted by Gasteiger charge is -2.64. The number of nitrogens with one attached hydrogen (secondary N) is 3. The van der Waals surface area contributed by atoms with Gasteiger partial charge in [0.25, 0.3) is 0 Å². The minimum absolute atomic E-state index is 0.0115. The molecule has 32 nitrogen and oxygen atoms in total. The molecule has 0 radical (unpaired) electrons. The summed E-state index contributed by atoms with van der Waals surface area (Å²) in [6.07, 6.45) is 2.29. The Morgan fingerprint density at radius 3 is 1.99 bits per heavy atom. The molecule has 2 bridgehead atoms. The van der Waals surface area contributed by atoms with Gasteiger partial charge in [-0.1, -0.05) is 58.9 Å². The maximum atomic E-state index is 13.3. The number of carboxylic acids is 1. The number of carbonyl (C=O) groups excluding carboxylic acids is 5. The van der Waals surface area contributed by atoms with E-state index in [9.17, 15) is 38.9 Å². The van der Waals surface area contributed by atoms with Gasteiger partial charge in [0.15, 0.2) is 17.4 Å². The molecular formula is C62H93B3Cl3N17O15. The molecule has 3 saturated carbocycles. The maximum absolute atomic E-state index is 13.3. The van der Waals surface area contributed by atoms with Crippen LogP contribution >= 0.6 is 34.4 Å². The Labute approximate surface area is 600 Å². The Bertz CT molecular complexity index is 3540. The molecule has 3 aliphatic heterocycles. The highest BCUT2D eigenvalue weighted by Crippen LogP contribution is 2.66. The number of nitriles is 2. The van der Waals surface area contributed by atoms with Gasteiger partial charge in [0.1, 0.15) is 60.0 Å². The number of ether oxygens (including phenoxy) is 4. The summed E-state index contributed by atoms with van der Waals surface area (Å²) in [4.78, 5) is 71.0. The molecule has 38 heteroatoms. The van der Waals surface area contributed by atoms with E-state index in [4.69, 9.17) is 84.9 Å². The van der Waals surface area contributed by atoms with Crippen LogP contribution in [0.4, 0.5) is 9.59 Å². The number of aryl methyl sites for hydroxylation is 1. The Morgan fingerprint density at radius 2 is 1.46 bits per heavy atom. The standard InChI is InChI=1S/C29H42BN5O6.C14H16BN5O5.C8H14N4O2.C7H12N2O2.C2H3N.C2H6.BCl3/c1-9-23-32-33-34-35(23)16-24(36)31-22(30-40-21-15-18-14-20(28(18,5)6)29(21,7)41-30)13-17-11-10-12-19(25(17)38-8)26(37)39-27(2,3)4;16-6-12-17-18-19-20(12)7-10(21)5-9-4-8-2-1-3-11(14(22)23)13(8)25-15(9)24;1-8(2,3)14-7(13)9-4-6-5-10-12-11-6;1-7(2,3)11-6(10)9-5-4-8;1-2-3;1-2;2-1(3)4/h10-12,18,20-22H,9,13-16H2,1-8H3,(H,31,36);1-3,9,24H,4-7,16H2,(H,22,23);4-5H2,1-3H3,(H,9,13);5H2,1-3H3,(H,9,10);1H3;1-2H3;/t18-,20-,21+,22-,29-;9-;;;;;/m01...../s1/i;;;;;1D;. The van der Waals surface area contributed by atoms with Crippen molar-refractivity contribution in [3.8, 4) is 23.6 Å². The third kappa shape index (κ3) is 27.1. The van der Waals surface area contributed by atoms with Crippen molar-refractivity contribution in [3.05, 3.63) is 70.3 Å². The third-order valence-electron chi connectivity index (χ3n) is 15.3. The highest BCUT2D eigenvalue weighted by atomic mass is 35.6. The fourth-order valence-corrected chi connectivity index (χ4v) is 11.1. The van der Waals surface area contributed by atoms with Crippen molar-refractivity contribution in [3.63, 3.8) is 0 Å². The number of benzene rings is 2. The summed E-state index contributed by atoms with van der Waals surface area (Å²) < 4.78 is 49.0. The molecule has 1 saturated heterocycles. The summed E-state index contributed by atoms with van der Waals surface area (Å²) in [5, 5.41) is 76.0. The van der Waals surface area contributed by atoms with Crippen LogP contribution in [0.5, 0.6) is 11.5 Å². The minimum Gasteiger partial charge on any atom is -0.535 e. The fraction of sp³-hybridized carbons (Fsp3) is 0.629. The van der Waals surface area contributed by atoms with Gasteiger partial charge in [-0.3, -0.25) is 9.59 Å². The Balaban J connectivity index is 0.000000373. The van der Waals surface area contributed by atoms with E-state index in [0.29, 0.717) is 79.6 Å². The first-order valence-corrected chi connectivity index (χ1v) is 33.2. The molecule has 7 N–H and O–H groups in total. The Hall–Kier alpha value is -8.05. The normalized spacial score (nSPS) is 18.9. The number of aromatic nitrogens is 8. The number of nitrogens with zero attached hydrogens (tertiary/aromatic N) is 13. The molecule has 4 aromatic rings. The number of aromatic carboxylic acids is 1. The highest BCUT2D eigenvalue weighted by Gasteiger charge is 2.68. The van der Waals surface area contributed by atoms with Crippen molar-refractivity contribution < 1.29 is 73.2 Å². The smallest absolute Gasteiger partial charge is 0.526 e. The molecule has 546 valence electrons. The topological polar surface area (TPSA) is 441 Å². The van der Waals surface area contributed by atoms with Gasteiger partial charge < -0.3 is 64.7 Å². The summed E-state index contributed by atoms with van der Waals surface area (Å²) in [5.41, 5.74) is 6.01. The zero-order chi connectivity index (χ0) is 76.2. The molecule has 0 spiro atoms. The largest absolute Gasteiger partial charge is 0.535 e. The van der Waals surface area contributed by atoms with Crippen molar-refractivity contribution in [2.45, 2.75) is 209 Å². The van der Waals surface area contributed by atoms with Gasteiger partial charge in [-0.15, -0.1) is 15.3 Å². The molecule has 3 aliphatic carbocycles. The van der Waals surface area contributed by atoms with Gasteiger partial charge in [0, 0.05) is 27.0 Å². The first-order chi connectivity index (χ1) is 47.2. The number of halogens is 3.